The van der Waals surface area contributed by atoms with Crippen LogP contribution in [0.15, 0.2) is 79.1 Å². The Kier molecular flexibility index (Phi) is 7.78. The van der Waals surface area contributed by atoms with Crippen molar-refractivity contribution in [1.29, 1.82) is 0 Å². The normalized spacial score (nSPS) is 17.8. The van der Waals surface area contributed by atoms with E-state index in [4.69, 9.17) is 9.47 Å². The van der Waals surface area contributed by atoms with Gasteiger partial charge in [-0.25, -0.2) is 4.98 Å². The molecule has 0 spiro atoms. The Hall–Kier alpha value is -3.45. The highest BCUT2D eigenvalue weighted by Gasteiger charge is 2.34. The van der Waals surface area contributed by atoms with Crippen molar-refractivity contribution in [3.63, 3.8) is 0 Å². The quantitative estimate of drug-likeness (QED) is 0.433. The van der Waals surface area contributed by atoms with Crippen LogP contribution in [-0.4, -0.2) is 41.5 Å². The largest absolute Gasteiger partial charge is 0.493 e. The molecule has 0 saturated carbocycles. The number of carbonyl (C=O) groups is 2. The molecule has 1 heterocycles. The Morgan fingerprint density at radius 3 is 2.72 bits per heavy atom. The van der Waals surface area contributed by atoms with Crippen LogP contribution in [0.25, 0.3) is 0 Å². The molecule has 168 valence electrons. The van der Waals surface area contributed by atoms with Crippen LogP contribution in [0.4, 0.5) is 0 Å². The summed E-state index contributed by atoms with van der Waals surface area (Å²) in [5.41, 5.74) is 1.95. The first kappa shape index (κ1) is 23.2. The molecule has 0 radical (unpaired) electrons. The predicted octanol–water partition coefficient (Wildman–Crippen LogP) is 3.29. The van der Waals surface area contributed by atoms with Gasteiger partial charge in [0.15, 0.2) is 5.78 Å². The standard InChI is InChI=1S/C25H29N3O4/c1-4-24(30)27-12-5-15-32-23-16-25(31-3,11-10-22(23)19(2)29)21-8-6-20(7-9-21)17-28-14-13-26-18-28/h4,6-10,13-14,16,18H,1,5,11-12,15,17H2,2-3H3,(H,27,30). The molecule has 1 aromatic carbocycles. The van der Waals surface area contributed by atoms with Gasteiger partial charge < -0.3 is 19.4 Å². The maximum atomic E-state index is 12.2. The minimum Gasteiger partial charge on any atom is -0.493 e. The van der Waals surface area contributed by atoms with Gasteiger partial charge in [0.05, 0.1) is 18.5 Å². The number of ether oxygens (including phenoxy) is 2. The maximum Gasteiger partial charge on any atom is 0.243 e. The molecule has 0 fully saturated rings. The topological polar surface area (TPSA) is 82.4 Å². The molecule has 32 heavy (non-hydrogen) atoms. The third kappa shape index (κ3) is 5.62. The fraction of sp³-hybridized carbons (Fsp3) is 0.320. The number of methoxy groups -OCH3 is 1. The van der Waals surface area contributed by atoms with Gasteiger partial charge in [0, 0.05) is 39.0 Å². The number of imidazole rings is 1. The van der Waals surface area contributed by atoms with Gasteiger partial charge in [-0.2, -0.15) is 0 Å². The van der Waals surface area contributed by atoms with Gasteiger partial charge in [0.2, 0.25) is 5.91 Å². The van der Waals surface area contributed by atoms with Gasteiger partial charge in [-0.1, -0.05) is 36.9 Å². The number of hydrogen-bond acceptors (Lipinski definition) is 5. The Labute approximate surface area is 188 Å². The summed E-state index contributed by atoms with van der Waals surface area (Å²) < 4.78 is 13.9. The summed E-state index contributed by atoms with van der Waals surface area (Å²) in [5.74, 6) is 0.223. The van der Waals surface area contributed by atoms with Crippen molar-refractivity contribution in [3.8, 4) is 0 Å². The third-order valence-electron chi connectivity index (χ3n) is 5.41. The first-order valence-corrected chi connectivity index (χ1v) is 10.5. The Morgan fingerprint density at radius 2 is 2.09 bits per heavy atom. The minimum atomic E-state index is -0.723. The van der Waals surface area contributed by atoms with E-state index in [0.29, 0.717) is 37.3 Å². The highest BCUT2D eigenvalue weighted by atomic mass is 16.5. The van der Waals surface area contributed by atoms with E-state index < -0.39 is 5.60 Å². The van der Waals surface area contributed by atoms with Gasteiger partial charge in [-0.3, -0.25) is 9.59 Å². The molecule has 1 aliphatic carbocycles. The average molecular weight is 436 g/mol. The second-order valence-electron chi connectivity index (χ2n) is 7.61. The zero-order valence-corrected chi connectivity index (χ0v) is 18.5. The van der Waals surface area contributed by atoms with Gasteiger partial charge in [-0.15, -0.1) is 0 Å². The molecule has 1 atom stereocenters. The van der Waals surface area contributed by atoms with Crippen molar-refractivity contribution < 1.29 is 19.1 Å². The van der Waals surface area contributed by atoms with E-state index in [1.807, 2.05) is 35.0 Å². The van der Waals surface area contributed by atoms with Crippen LogP contribution < -0.4 is 5.32 Å². The Balaban J connectivity index is 1.74. The molecule has 1 unspecified atom stereocenters. The monoisotopic (exact) mass is 435 g/mol. The molecule has 1 aromatic heterocycles. The number of ketones is 1. The van der Waals surface area contributed by atoms with Gasteiger partial charge in [-0.05, 0) is 36.6 Å². The number of allylic oxidation sites excluding steroid dienone is 1. The predicted molar refractivity (Wildman–Crippen MR) is 122 cm³/mol. The smallest absolute Gasteiger partial charge is 0.243 e. The molecule has 0 saturated heterocycles. The van der Waals surface area contributed by atoms with Crippen LogP contribution in [0.3, 0.4) is 0 Å². The number of hydrogen-bond donors (Lipinski definition) is 1. The molecule has 1 aliphatic rings. The Morgan fingerprint density at radius 1 is 1.31 bits per heavy atom. The van der Waals surface area contributed by atoms with E-state index >= 15 is 0 Å². The molecule has 1 N–H and O–H groups in total. The maximum absolute atomic E-state index is 12.2. The van der Waals surface area contributed by atoms with E-state index in [-0.39, 0.29) is 11.7 Å². The van der Waals surface area contributed by atoms with Crippen molar-refractivity contribution >= 4 is 11.7 Å². The van der Waals surface area contributed by atoms with Crippen LogP contribution in [0.1, 0.15) is 30.9 Å². The van der Waals surface area contributed by atoms with Crippen molar-refractivity contribution in [1.82, 2.24) is 14.9 Å². The number of carbonyl (C=O) groups excluding carboxylic acids is 2. The first-order chi connectivity index (χ1) is 15.5. The number of aromatic nitrogens is 2. The summed E-state index contributed by atoms with van der Waals surface area (Å²) in [5, 5.41) is 2.71. The van der Waals surface area contributed by atoms with Crippen molar-refractivity contribution in [3.05, 3.63) is 90.3 Å². The van der Waals surface area contributed by atoms with E-state index in [0.717, 1.165) is 17.7 Å². The lowest BCUT2D eigenvalue weighted by Gasteiger charge is -2.33. The molecular weight excluding hydrogens is 406 g/mol. The molecule has 0 aliphatic heterocycles. The first-order valence-electron chi connectivity index (χ1n) is 10.5. The number of nitrogens with one attached hydrogen (secondary N) is 1. The van der Waals surface area contributed by atoms with Crippen LogP contribution in [-0.2, 0) is 31.2 Å². The van der Waals surface area contributed by atoms with Crippen molar-refractivity contribution in [2.24, 2.45) is 0 Å². The van der Waals surface area contributed by atoms with Crippen LogP contribution in [0.2, 0.25) is 0 Å². The second kappa shape index (κ2) is 10.7. The van der Waals surface area contributed by atoms with E-state index in [1.165, 1.54) is 13.0 Å². The van der Waals surface area contributed by atoms with Gasteiger partial charge in [0.1, 0.15) is 11.4 Å². The lowest BCUT2D eigenvalue weighted by molar-refractivity contribution is -0.116. The molecule has 0 bridgehead atoms. The van der Waals surface area contributed by atoms with E-state index in [9.17, 15) is 9.59 Å². The highest BCUT2D eigenvalue weighted by Crippen LogP contribution is 2.38. The number of Topliss-reactive ketones (excluding diaryl/α,β-unsaturated/α-hetero) is 1. The lowest BCUT2D eigenvalue weighted by atomic mass is 9.83. The summed E-state index contributed by atoms with van der Waals surface area (Å²) in [6, 6.07) is 8.22. The van der Waals surface area contributed by atoms with E-state index in [1.54, 1.807) is 19.6 Å². The number of rotatable bonds is 11. The average Bonchev–Trinajstić information content (AvgIpc) is 3.31. The highest BCUT2D eigenvalue weighted by molar-refractivity contribution is 5.97. The second-order valence-corrected chi connectivity index (χ2v) is 7.61. The summed E-state index contributed by atoms with van der Waals surface area (Å²) in [4.78, 5) is 27.5. The fourth-order valence-electron chi connectivity index (χ4n) is 3.62. The SMILES string of the molecule is C=CC(=O)NCCCOC1=CC(OC)(c2ccc(Cn3ccnc3)cc2)CC=C1C(C)=O. The summed E-state index contributed by atoms with van der Waals surface area (Å²) in [6.07, 6.45) is 11.6. The zero-order chi connectivity index (χ0) is 23.0. The number of amides is 1. The summed E-state index contributed by atoms with van der Waals surface area (Å²) >= 11 is 0. The number of benzene rings is 1. The van der Waals surface area contributed by atoms with Crippen LogP contribution >= 0.6 is 0 Å². The molecule has 3 rings (SSSR count). The number of nitrogens with zero attached hydrogens (tertiary/aromatic N) is 2. The van der Waals surface area contributed by atoms with Gasteiger partial charge in [0.25, 0.3) is 0 Å². The Bertz CT molecular complexity index is 1010. The molecule has 1 amide bonds. The van der Waals surface area contributed by atoms with Crippen molar-refractivity contribution in [2.75, 3.05) is 20.3 Å². The summed E-state index contributed by atoms with van der Waals surface area (Å²) in [6.45, 7) is 6.51. The molecular formula is C25H29N3O4. The molecule has 7 nitrogen and oxygen atoms in total. The third-order valence-corrected chi connectivity index (χ3v) is 5.41. The summed E-state index contributed by atoms with van der Waals surface area (Å²) in [7, 11) is 1.66. The molecule has 7 heteroatoms. The zero-order valence-electron chi connectivity index (χ0n) is 18.5. The van der Waals surface area contributed by atoms with Gasteiger partial charge >= 0.3 is 0 Å². The van der Waals surface area contributed by atoms with Crippen LogP contribution in [0.5, 0.6) is 0 Å². The fourth-order valence-corrected chi connectivity index (χ4v) is 3.62. The molecule has 2 aromatic rings. The van der Waals surface area contributed by atoms with Crippen molar-refractivity contribution in [2.45, 2.75) is 31.9 Å². The van der Waals surface area contributed by atoms with E-state index in [2.05, 4.69) is 29.0 Å². The van der Waals surface area contributed by atoms with Crippen LogP contribution in [0, 0.1) is 0 Å². The lowest BCUT2D eigenvalue weighted by Crippen LogP contribution is -2.30. The minimum absolute atomic E-state index is 0.0587.